The number of ketones is 1. The zero-order chi connectivity index (χ0) is 22.0. The summed E-state index contributed by atoms with van der Waals surface area (Å²) in [6.45, 7) is 3.98. The molecule has 0 radical (unpaired) electrons. The number of hydrogen-bond acceptors (Lipinski definition) is 7. The van der Waals surface area contributed by atoms with E-state index < -0.39 is 5.91 Å². The van der Waals surface area contributed by atoms with E-state index in [1.807, 2.05) is 12.1 Å². The SMILES string of the molecule is CCOC(=O)CCn1c(=NC(=O)c2ccc(C(C)=O)cc2)sc2cc3c(cc21)OCO3. The van der Waals surface area contributed by atoms with Gasteiger partial charge in [-0.05, 0) is 26.0 Å². The molecule has 0 saturated carbocycles. The Hall–Kier alpha value is -3.46. The van der Waals surface area contributed by atoms with Crippen LogP contribution in [0.5, 0.6) is 11.5 Å². The number of carbonyl (C=O) groups excluding carboxylic acids is 3. The van der Waals surface area contributed by atoms with E-state index in [-0.39, 0.29) is 25.0 Å². The van der Waals surface area contributed by atoms with Gasteiger partial charge >= 0.3 is 5.97 Å². The molecule has 0 fully saturated rings. The lowest BCUT2D eigenvalue weighted by Gasteiger charge is -2.06. The van der Waals surface area contributed by atoms with E-state index in [1.54, 1.807) is 35.8 Å². The minimum atomic E-state index is -0.438. The summed E-state index contributed by atoms with van der Waals surface area (Å²) in [6.07, 6.45) is 0.142. The molecule has 0 spiro atoms. The molecule has 2 heterocycles. The average Bonchev–Trinajstić information content (AvgIpc) is 3.34. The molecule has 1 aromatic heterocycles. The number of amides is 1. The molecule has 0 unspecified atom stereocenters. The molecule has 1 aliphatic rings. The van der Waals surface area contributed by atoms with Crippen LogP contribution in [0.2, 0.25) is 0 Å². The van der Waals surface area contributed by atoms with Crippen LogP contribution in [-0.2, 0) is 16.1 Å². The number of carbonyl (C=O) groups is 3. The van der Waals surface area contributed by atoms with Crippen LogP contribution in [0.3, 0.4) is 0 Å². The number of aryl methyl sites for hydroxylation is 1. The molecule has 0 N–H and O–H groups in total. The Morgan fingerprint density at radius 3 is 2.45 bits per heavy atom. The van der Waals surface area contributed by atoms with E-state index in [4.69, 9.17) is 14.2 Å². The third-order valence-corrected chi connectivity index (χ3v) is 5.80. The normalized spacial score (nSPS) is 12.9. The first-order chi connectivity index (χ1) is 15.0. The minimum Gasteiger partial charge on any atom is -0.466 e. The Morgan fingerprint density at radius 1 is 1.10 bits per heavy atom. The number of thiazole rings is 1. The molecule has 160 valence electrons. The first-order valence-corrected chi connectivity index (χ1v) is 10.6. The number of aromatic nitrogens is 1. The van der Waals surface area contributed by atoms with Crippen molar-refractivity contribution in [3.63, 3.8) is 0 Å². The number of nitrogens with zero attached hydrogens (tertiary/aromatic N) is 2. The monoisotopic (exact) mass is 440 g/mol. The summed E-state index contributed by atoms with van der Waals surface area (Å²) in [4.78, 5) is 40.9. The molecule has 3 aromatic rings. The molecule has 0 aliphatic carbocycles. The lowest BCUT2D eigenvalue weighted by Crippen LogP contribution is -2.19. The number of ether oxygens (including phenoxy) is 3. The smallest absolute Gasteiger partial charge is 0.307 e. The molecule has 0 bridgehead atoms. The average molecular weight is 440 g/mol. The summed E-state index contributed by atoms with van der Waals surface area (Å²) in [6, 6.07) is 10.0. The highest BCUT2D eigenvalue weighted by Crippen LogP contribution is 2.37. The minimum absolute atomic E-state index is 0.0743. The van der Waals surface area contributed by atoms with Gasteiger partial charge in [0.2, 0.25) is 6.79 Å². The topological polar surface area (TPSA) is 96.2 Å². The van der Waals surface area contributed by atoms with E-state index >= 15 is 0 Å². The Balaban J connectivity index is 1.74. The number of benzene rings is 2. The van der Waals surface area contributed by atoms with Crippen LogP contribution < -0.4 is 14.3 Å². The summed E-state index contributed by atoms with van der Waals surface area (Å²) < 4.78 is 18.6. The zero-order valence-corrected chi connectivity index (χ0v) is 17.9. The fourth-order valence-electron chi connectivity index (χ4n) is 3.20. The highest BCUT2D eigenvalue weighted by molar-refractivity contribution is 7.16. The van der Waals surface area contributed by atoms with Gasteiger partial charge in [-0.25, -0.2) is 0 Å². The Bertz CT molecular complexity index is 1240. The Morgan fingerprint density at radius 2 is 1.77 bits per heavy atom. The quantitative estimate of drug-likeness (QED) is 0.431. The van der Waals surface area contributed by atoms with E-state index in [0.29, 0.717) is 40.6 Å². The van der Waals surface area contributed by atoms with Crippen molar-refractivity contribution < 1.29 is 28.6 Å². The number of Topliss-reactive ketones (excluding diaryl/α,β-unsaturated/α-hetero) is 1. The van der Waals surface area contributed by atoms with E-state index in [0.717, 1.165) is 10.2 Å². The van der Waals surface area contributed by atoms with Crippen LogP contribution >= 0.6 is 11.3 Å². The number of fused-ring (bicyclic) bond motifs is 2. The maximum absolute atomic E-state index is 12.8. The third-order valence-electron chi connectivity index (χ3n) is 4.76. The highest BCUT2D eigenvalue weighted by Gasteiger charge is 2.19. The summed E-state index contributed by atoms with van der Waals surface area (Å²) in [5, 5.41) is 0. The van der Waals surface area contributed by atoms with Crippen LogP contribution in [0.4, 0.5) is 0 Å². The van der Waals surface area contributed by atoms with Crippen LogP contribution in [0.1, 0.15) is 41.0 Å². The van der Waals surface area contributed by atoms with Gasteiger partial charge in [0, 0.05) is 29.8 Å². The molecular weight excluding hydrogens is 420 g/mol. The van der Waals surface area contributed by atoms with E-state index in [1.165, 1.54) is 18.3 Å². The molecular formula is C22H20N2O6S. The summed E-state index contributed by atoms with van der Waals surface area (Å²) >= 11 is 1.32. The van der Waals surface area contributed by atoms with Gasteiger partial charge in [0.1, 0.15) is 0 Å². The lowest BCUT2D eigenvalue weighted by atomic mass is 10.1. The van der Waals surface area contributed by atoms with Crippen molar-refractivity contribution in [2.24, 2.45) is 4.99 Å². The van der Waals surface area contributed by atoms with Gasteiger partial charge in [-0.2, -0.15) is 4.99 Å². The van der Waals surface area contributed by atoms with Crippen molar-refractivity contribution >= 4 is 39.2 Å². The summed E-state index contributed by atoms with van der Waals surface area (Å²) in [5.74, 6) is 0.394. The molecule has 0 saturated heterocycles. The first kappa shape index (κ1) is 20.8. The number of esters is 1. The molecule has 31 heavy (non-hydrogen) atoms. The molecule has 2 aromatic carbocycles. The van der Waals surface area contributed by atoms with Gasteiger partial charge in [0.05, 0.1) is 23.2 Å². The van der Waals surface area contributed by atoms with Crippen LogP contribution in [0.15, 0.2) is 41.4 Å². The Labute approximate surface area is 181 Å². The largest absolute Gasteiger partial charge is 0.466 e. The molecule has 0 atom stereocenters. The predicted molar refractivity (Wildman–Crippen MR) is 114 cm³/mol. The van der Waals surface area contributed by atoms with Gasteiger partial charge < -0.3 is 18.8 Å². The standard InChI is InChI=1S/C22H20N2O6S/c1-3-28-20(26)8-9-24-16-10-17-18(30-12-29-17)11-19(16)31-22(24)23-21(27)15-6-4-14(5-7-15)13(2)25/h4-7,10-11H,3,8-9,12H2,1-2H3. The van der Waals surface area contributed by atoms with Crippen molar-refractivity contribution in [3.8, 4) is 11.5 Å². The van der Waals surface area contributed by atoms with Crippen LogP contribution in [-0.4, -0.2) is 35.6 Å². The summed E-state index contributed by atoms with van der Waals surface area (Å²) in [5.41, 5.74) is 1.68. The Kier molecular flexibility index (Phi) is 5.85. The lowest BCUT2D eigenvalue weighted by molar-refractivity contribution is -0.143. The second-order valence-electron chi connectivity index (χ2n) is 6.81. The van der Waals surface area contributed by atoms with Gasteiger partial charge in [-0.1, -0.05) is 23.5 Å². The fourth-order valence-corrected chi connectivity index (χ4v) is 4.26. The van der Waals surface area contributed by atoms with Crippen LogP contribution in [0, 0.1) is 0 Å². The van der Waals surface area contributed by atoms with Crippen molar-refractivity contribution in [1.29, 1.82) is 0 Å². The van der Waals surface area contributed by atoms with Gasteiger partial charge in [0.15, 0.2) is 22.1 Å². The van der Waals surface area contributed by atoms with E-state index in [2.05, 4.69) is 4.99 Å². The maximum Gasteiger partial charge on any atom is 0.307 e. The highest BCUT2D eigenvalue weighted by atomic mass is 32.1. The fraction of sp³-hybridized carbons (Fsp3) is 0.273. The molecule has 4 rings (SSSR count). The third kappa shape index (κ3) is 4.36. The van der Waals surface area contributed by atoms with Gasteiger partial charge in [0.25, 0.3) is 5.91 Å². The van der Waals surface area contributed by atoms with Gasteiger partial charge in [-0.15, -0.1) is 0 Å². The number of rotatable bonds is 6. The second-order valence-corrected chi connectivity index (χ2v) is 7.82. The van der Waals surface area contributed by atoms with Gasteiger partial charge in [-0.3, -0.25) is 14.4 Å². The van der Waals surface area contributed by atoms with Crippen molar-refractivity contribution in [2.45, 2.75) is 26.8 Å². The summed E-state index contributed by atoms with van der Waals surface area (Å²) in [7, 11) is 0. The van der Waals surface area contributed by atoms with Crippen molar-refractivity contribution in [3.05, 3.63) is 52.3 Å². The zero-order valence-electron chi connectivity index (χ0n) is 17.0. The van der Waals surface area contributed by atoms with Crippen LogP contribution in [0.25, 0.3) is 10.2 Å². The van der Waals surface area contributed by atoms with Crippen molar-refractivity contribution in [1.82, 2.24) is 4.57 Å². The van der Waals surface area contributed by atoms with E-state index in [9.17, 15) is 14.4 Å². The first-order valence-electron chi connectivity index (χ1n) is 9.75. The van der Waals surface area contributed by atoms with Crippen molar-refractivity contribution in [2.75, 3.05) is 13.4 Å². The second kappa shape index (κ2) is 8.73. The molecule has 8 nitrogen and oxygen atoms in total. The maximum atomic E-state index is 12.8. The molecule has 1 amide bonds. The molecule has 1 aliphatic heterocycles. The molecule has 9 heteroatoms. The number of hydrogen-bond donors (Lipinski definition) is 0. The predicted octanol–water partition coefficient (Wildman–Crippen LogP) is 3.33.